The first-order valence-corrected chi connectivity index (χ1v) is 11.8. The minimum Gasteiger partial charge on any atom is -0.491 e. The lowest BCUT2D eigenvalue weighted by molar-refractivity contribution is -0.115. The summed E-state index contributed by atoms with van der Waals surface area (Å²) >= 11 is 0. The van der Waals surface area contributed by atoms with Crippen LogP contribution in [0.15, 0.2) is 42.7 Å². The average molecular weight is 483 g/mol. The SMILES string of the molecule is CCC(=O)Nc1ccc2c(c1)C(=O)N(C)C[C@H](OC)[C@H](C)CN(C(=O)c1ccncc1)[C@H](C)CO2. The number of carbonyl (C=O) groups is 3. The number of pyridine rings is 1. The number of anilines is 1. The smallest absolute Gasteiger partial charge is 0.257 e. The molecule has 1 aromatic carbocycles. The molecule has 0 fully saturated rings. The van der Waals surface area contributed by atoms with Crippen molar-refractivity contribution in [3.63, 3.8) is 0 Å². The molecule has 3 atom stereocenters. The van der Waals surface area contributed by atoms with E-state index in [2.05, 4.69) is 10.3 Å². The maximum absolute atomic E-state index is 13.4. The second kappa shape index (κ2) is 11.8. The Morgan fingerprint density at radius 2 is 1.89 bits per heavy atom. The molecule has 1 aliphatic heterocycles. The van der Waals surface area contributed by atoms with Crippen LogP contribution in [0.2, 0.25) is 0 Å². The van der Waals surface area contributed by atoms with Crippen LogP contribution in [-0.4, -0.2) is 78.5 Å². The van der Waals surface area contributed by atoms with Crippen LogP contribution in [0.3, 0.4) is 0 Å². The Morgan fingerprint density at radius 3 is 2.54 bits per heavy atom. The van der Waals surface area contributed by atoms with Gasteiger partial charge in [0.15, 0.2) is 0 Å². The molecule has 2 heterocycles. The number of hydrogen-bond acceptors (Lipinski definition) is 6. The first kappa shape index (κ1) is 26.2. The third-order valence-corrected chi connectivity index (χ3v) is 6.24. The molecular formula is C26H34N4O5. The number of nitrogens with one attached hydrogen (secondary N) is 1. The van der Waals surface area contributed by atoms with E-state index >= 15 is 0 Å². The van der Waals surface area contributed by atoms with Crippen LogP contribution < -0.4 is 10.1 Å². The minimum absolute atomic E-state index is 0.0578. The minimum atomic E-state index is -0.296. The lowest BCUT2D eigenvalue weighted by Crippen LogP contribution is -2.48. The van der Waals surface area contributed by atoms with Crippen LogP contribution >= 0.6 is 0 Å². The van der Waals surface area contributed by atoms with Crippen molar-refractivity contribution in [2.75, 3.05) is 39.2 Å². The average Bonchev–Trinajstić information content (AvgIpc) is 2.88. The molecule has 9 nitrogen and oxygen atoms in total. The Hall–Kier alpha value is -3.46. The van der Waals surface area contributed by atoms with Gasteiger partial charge in [-0.05, 0) is 37.3 Å². The Balaban J connectivity index is 1.98. The van der Waals surface area contributed by atoms with Crippen molar-refractivity contribution < 1.29 is 23.9 Å². The summed E-state index contributed by atoms with van der Waals surface area (Å²) in [6, 6.07) is 8.11. The molecule has 188 valence electrons. The van der Waals surface area contributed by atoms with Crippen LogP contribution in [0.4, 0.5) is 5.69 Å². The predicted octanol–water partition coefficient (Wildman–Crippen LogP) is 3.08. The van der Waals surface area contributed by atoms with Crippen LogP contribution in [0.25, 0.3) is 0 Å². The van der Waals surface area contributed by atoms with Crippen molar-refractivity contribution in [3.8, 4) is 5.75 Å². The monoisotopic (exact) mass is 482 g/mol. The number of benzene rings is 1. The lowest BCUT2D eigenvalue weighted by Gasteiger charge is -2.36. The van der Waals surface area contributed by atoms with Gasteiger partial charge in [-0.15, -0.1) is 0 Å². The highest BCUT2D eigenvalue weighted by Crippen LogP contribution is 2.27. The highest BCUT2D eigenvalue weighted by Gasteiger charge is 2.31. The highest BCUT2D eigenvalue weighted by molar-refractivity contribution is 5.99. The predicted molar refractivity (Wildman–Crippen MR) is 133 cm³/mol. The third-order valence-electron chi connectivity index (χ3n) is 6.24. The number of likely N-dealkylation sites (N-methyl/N-ethyl adjacent to an activating group) is 1. The zero-order valence-electron chi connectivity index (χ0n) is 21.0. The molecule has 0 saturated carbocycles. The van der Waals surface area contributed by atoms with Crippen molar-refractivity contribution in [2.45, 2.75) is 39.3 Å². The van der Waals surface area contributed by atoms with Gasteiger partial charge in [-0.1, -0.05) is 13.8 Å². The largest absolute Gasteiger partial charge is 0.491 e. The summed E-state index contributed by atoms with van der Waals surface area (Å²) in [5.41, 5.74) is 1.40. The number of fused-ring (bicyclic) bond motifs is 1. The van der Waals surface area contributed by atoms with Crippen molar-refractivity contribution in [2.24, 2.45) is 5.92 Å². The summed E-state index contributed by atoms with van der Waals surface area (Å²) in [5, 5.41) is 2.79. The van der Waals surface area contributed by atoms with Gasteiger partial charge in [0.25, 0.3) is 11.8 Å². The van der Waals surface area contributed by atoms with Crippen molar-refractivity contribution >= 4 is 23.4 Å². The van der Waals surface area contributed by atoms with E-state index in [-0.39, 0.29) is 42.4 Å². The lowest BCUT2D eigenvalue weighted by atomic mass is 10.0. The Morgan fingerprint density at radius 1 is 1.17 bits per heavy atom. The van der Waals surface area contributed by atoms with E-state index in [9.17, 15) is 14.4 Å². The Bertz CT molecular complexity index is 1050. The van der Waals surface area contributed by atoms with E-state index in [0.29, 0.717) is 42.1 Å². The van der Waals surface area contributed by atoms with Gasteiger partial charge in [-0.3, -0.25) is 19.4 Å². The van der Waals surface area contributed by atoms with Gasteiger partial charge in [0.05, 0.1) is 17.7 Å². The fourth-order valence-corrected chi connectivity index (χ4v) is 4.05. The third kappa shape index (κ3) is 6.36. The number of hydrogen-bond donors (Lipinski definition) is 1. The highest BCUT2D eigenvalue weighted by atomic mass is 16.5. The molecule has 0 aliphatic carbocycles. The van der Waals surface area contributed by atoms with Crippen molar-refractivity contribution in [3.05, 3.63) is 53.9 Å². The zero-order chi connectivity index (χ0) is 25.5. The maximum Gasteiger partial charge on any atom is 0.257 e. The number of amides is 3. The summed E-state index contributed by atoms with van der Waals surface area (Å²) in [7, 11) is 3.32. The van der Waals surface area contributed by atoms with Gasteiger partial charge in [0, 0.05) is 63.2 Å². The number of aromatic nitrogens is 1. The normalized spacial score (nSPS) is 21.3. The number of ether oxygens (including phenoxy) is 2. The van der Waals surface area contributed by atoms with Gasteiger partial charge < -0.3 is 24.6 Å². The molecule has 2 aromatic rings. The maximum atomic E-state index is 13.4. The molecule has 0 bridgehead atoms. The van der Waals surface area contributed by atoms with E-state index in [4.69, 9.17) is 9.47 Å². The molecule has 9 heteroatoms. The number of methoxy groups -OCH3 is 1. The van der Waals surface area contributed by atoms with Gasteiger partial charge in [-0.2, -0.15) is 0 Å². The molecule has 1 aliphatic rings. The molecule has 0 unspecified atom stereocenters. The van der Waals surface area contributed by atoms with Gasteiger partial charge in [-0.25, -0.2) is 0 Å². The van der Waals surface area contributed by atoms with Crippen molar-refractivity contribution in [1.29, 1.82) is 0 Å². The number of carbonyl (C=O) groups excluding carboxylic acids is 3. The van der Waals surface area contributed by atoms with Crippen LogP contribution in [0.5, 0.6) is 5.75 Å². The molecule has 1 aromatic heterocycles. The molecular weight excluding hydrogens is 448 g/mol. The molecule has 35 heavy (non-hydrogen) atoms. The van der Waals surface area contributed by atoms with Crippen LogP contribution in [0.1, 0.15) is 47.9 Å². The van der Waals surface area contributed by atoms with Crippen molar-refractivity contribution in [1.82, 2.24) is 14.8 Å². The van der Waals surface area contributed by atoms with E-state index in [1.807, 2.05) is 13.8 Å². The van der Waals surface area contributed by atoms with Crippen LogP contribution in [0, 0.1) is 5.92 Å². The summed E-state index contributed by atoms with van der Waals surface area (Å²) in [6.45, 7) is 6.63. The zero-order valence-corrected chi connectivity index (χ0v) is 21.0. The topological polar surface area (TPSA) is 101 Å². The molecule has 0 saturated heterocycles. The summed E-state index contributed by atoms with van der Waals surface area (Å²) in [4.78, 5) is 46.0. The van der Waals surface area contributed by atoms with Crippen LogP contribution in [-0.2, 0) is 9.53 Å². The Kier molecular flexibility index (Phi) is 8.81. The fourth-order valence-electron chi connectivity index (χ4n) is 4.05. The molecule has 1 N–H and O–H groups in total. The second-order valence-corrected chi connectivity index (χ2v) is 8.90. The first-order chi connectivity index (χ1) is 16.7. The fraction of sp³-hybridized carbons (Fsp3) is 0.462. The summed E-state index contributed by atoms with van der Waals surface area (Å²) < 4.78 is 11.8. The van der Waals surface area contributed by atoms with Gasteiger partial charge >= 0.3 is 0 Å². The van der Waals surface area contributed by atoms with E-state index in [1.165, 1.54) is 0 Å². The van der Waals surface area contributed by atoms with E-state index in [1.54, 1.807) is 73.6 Å². The second-order valence-electron chi connectivity index (χ2n) is 8.90. The summed E-state index contributed by atoms with van der Waals surface area (Å²) in [6.07, 6.45) is 3.22. The van der Waals surface area contributed by atoms with E-state index < -0.39 is 0 Å². The number of nitrogens with zero attached hydrogens (tertiary/aromatic N) is 3. The first-order valence-electron chi connectivity index (χ1n) is 11.8. The quantitative estimate of drug-likeness (QED) is 0.719. The standard InChI is InChI=1S/C26H34N4O5/c1-6-24(31)28-20-7-8-22-21(13-20)26(33)29(4)15-23(34-5)17(2)14-30(18(3)16-35-22)25(32)19-9-11-27-12-10-19/h7-13,17-18,23H,6,14-16H2,1-5H3,(H,28,31)/t17-,18-,23+/m1/s1. The Labute approximate surface area is 206 Å². The summed E-state index contributed by atoms with van der Waals surface area (Å²) in [5.74, 6) is -0.170. The van der Waals surface area contributed by atoms with Gasteiger partial charge in [0.1, 0.15) is 12.4 Å². The molecule has 3 amide bonds. The molecule has 0 radical (unpaired) electrons. The molecule has 0 spiro atoms. The van der Waals surface area contributed by atoms with Gasteiger partial charge in [0.2, 0.25) is 5.91 Å². The van der Waals surface area contributed by atoms with E-state index in [0.717, 1.165) is 0 Å². The molecule has 3 rings (SSSR count). The number of rotatable bonds is 4.